The van der Waals surface area contributed by atoms with Crippen molar-refractivity contribution in [3.63, 3.8) is 0 Å². The molecule has 0 saturated carbocycles. The number of unbranched alkanes of at least 4 members (excludes halogenated alkanes) is 1. The van der Waals surface area contributed by atoms with Gasteiger partial charge in [-0.15, -0.1) is 0 Å². The minimum absolute atomic E-state index is 0.927. The Morgan fingerprint density at radius 3 is 2.33 bits per heavy atom. The smallest absolute Gasteiger partial charge is 0.0594 e. The average molecular weight is 214 g/mol. The number of hydrogen-bond donors (Lipinski definition) is 0. The molecular formula is C12H26N2O. The molecule has 1 fully saturated rings. The molecule has 1 heterocycles. The monoisotopic (exact) mass is 214 g/mol. The fraction of sp³-hybridized carbons (Fsp3) is 1.00. The van der Waals surface area contributed by atoms with E-state index in [0.29, 0.717) is 0 Å². The number of hydrogen-bond acceptors (Lipinski definition) is 3. The van der Waals surface area contributed by atoms with Crippen molar-refractivity contribution >= 4 is 0 Å². The fourth-order valence-electron chi connectivity index (χ4n) is 2.04. The van der Waals surface area contributed by atoms with E-state index in [2.05, 4.69) is 23.6 Å². The summed E-state index contributed by atoms with van der Waals surface area (Å²) in [4.78, 5) is 5.02. The van der Waals surface area contributed by atoms with Gasteiger partial charge in [0.05, 0.1) is 13.2 Å². The van der Waals surface area contributed by atoms with Crippen LogP contribution < -0.4 is 0 Å². The van der Waals surface area contributed by atoms with E-state index in [1.165, 1.54) is 39.0 Å². The van der Waals surface area contributed by atoms with Crippen molar-refractivity contribution in [2.75, 3.05) is 52.5 Å². The highest BCUT2D eigenvalue weighted by Crippen LogP contribution is 2.01. The normalized spacial score (nSPS) is 18.6. The second-order valence-electron chi connectivity index (χ2n) is 4.19. The molecule has 1 aliphatic rings. The van der Waals surface area contributed by atoms with Crippen LogP contribution in [0.2, 0.25) is 0 Å². The Hall–Kier alpha value is -0.120. The van der Waals surface area contributed by atoms with E-state index in [9.17, 15) is 0 Å². The third-order valence-corrected chi connectivity index (χ3v) is 3.20. The van der Waals surface area contributed by atoms with Crippen LogP contribution in [-0.2, 0) is 4.74 Å². The Labute approximate surface area is 94.4 Å². The van der Waals surface area contributed by atoms with Gasteiger partial charge >= 0.3 is 0 Å². The van der Waals surface area contributed by atoms with Crippen LogP contribution in [0.5, 0.6) is 0 Å². The fourth-order valence-corrected chi connectivity index (χ4v) is 2.04. The Balaban J connectivity index is 1.95. The quantitative estimate of drug-likeness (QED) is 0.596. The highest BCUT2D eigenvalue weighted by molar-refractivity contribution is 4.62. The second kappa shape index (κ2) is 8.08. The van der Waals surface area contributed by atoms with Gasteiger partial charge in [-0.25, -0.2) is 0 Å². The molecular weight excluding hydrogens is 188 g/mol. The van der Waals surface area contributed by atoms with E-state index in [1.807, 2.05) is 0 Å². The van der Waals surface area contributed by atoms with Crippen LogP contribution in [0.4, 0.5) is 0 Å². The molecule has 0 aliphatic carbocycles. The molecule has 90 valence electrons. The molecule has 1 rings (SSSR count). The van der Waals surface area contributed by atoms with Crippen LogP contribution in [0.1, 0.15) is 26.7 Å². The molecule has 0 bridgehead atoms. The van der Waals surface area contributed by atoms with Crippen LogP contribution in [-0.4, -0.2) is 62.3 Å². The molecule has 3 nitrogen and oxygen atoms in total. The zero-order valence-electron chi connectivity index (χ0n) is 10.4. The summed E-state index contributed by atoms with van der Waals surface area (Å²) >= 11 is 0. The largest absolute Gasteiger partial charge is 0.379 e. The van der Waals surface area contributed by atoms with Gasteiger partial charge in [0, 0.05) is 13.1 Å². The average Bonchev–Trinajstić information content (AvgIpc) is 2.31. The van der Waals surface area contributed by atoms with Gasteiger partial charge in [-0.05, 0) is 39.0 Å². The van der Waals surface area contributed by atoms with E-state index in [1.54, 1.807) is 0 Å². The van der Waals surface area contributed by atoms with Crippen molar-refractivity contribution in [3.05, 3.63) is 0 Å². The number of ether oxygens (including phenoxy) is 1. The summed E-state index contributed by atoms with van der Waals surface area (Å²) in [5.74, 6) is 0. The maximum absolute atomic E-state index is 5.33. The summed E-state index contributed by atoms with van der Waals surface area (Å²) in [6, 6.07) is 0. The number of rotatable bonds is 7. The third-order valence-electron chi connectivity index (χ3n) is 3.20. The van der Waals surface area contributed by atoms with E-state index < -0.39 is 0 Å². The van der Waals surface area contributed by atoms with Crippen molar-refractivity contribution in [2.45, 2.75) is 26.7 Å². The predicted molar refractivity (Wildman–Crippen MR) is 64.3 cm³/mol. The molecule has 0 aromatic rings. The van der Waals surface area contributed by atoms with Gasteiger partial charge < -0.3 is 9.64 Å². The Morgan fingerprint density at radius 2 is 1.73 bits per heavy atom. The molecule has 1 aliphatic heterocycles. The lowest BCUT2D eigenvalue weighted by atomic mass is 10.2. The minimum atomic E-state index is 0.927. The molecule has 15 heavy (non-hydrogen) atoms. The van der Waals surface area contributed by atoms with E-state index in [0.717, 1.165) is 26.3 Å². The highest BCUT2D eigenvalue weighted by Gasteiger charge is 2.09. The first-order chi connectivity index (χ1) is 7.36. The minimum Gasteiger partial charge on any atom is -0.379 e. The summed E-state index contributed by atoms with van der Waals surface area (Å²) in [6.45, 7) is 13.5. The Kier molecular flexibility index (Phi) is 6.98. The zero-order chi connectivity index (χ0) is 10.9. The SMILES string of the molecule is CCN(CC)CCCCN1CCOCC1. The first kappa shape index (κ1) is 12.9. The maximum Gasteiger partial charge on any atom is 0.0594 e. The first-order valence-corrected chi connectivity index (χ1v) is 6.39. The van der Waals surface area contributed by atoms with Crippen LogP contribution in [0.25, 0.3) is 0 Å². The summed E-state index contributed by atoms with van der Waals surface area (Å²) < 4.78 is 5.33. The molecule has 1 saturated heterocycles. The lowest BCUT2D eigenvalue weighted by Crippen LogP contribution is -2.37. The molecule has 0 unspecified atom stereocenters. The van der Waals surface area contributed by atoms with Gasteiger partial charge in [0.1, 0.15) is 0 Å². The van der Waals surface area contributed by atoms with Crippen molar-refractivity contribution in [1.82, 2.24) is 9.80 Å². The van der Waals surface area contributed by atoms with Crippen molar-refractivity contribution in [3.8, 4) is 0 Å². The van der Waals surface area contributed by atoms with Crippen LogP contribution in [0, 0.1) is 0 Å². The third kappa shape index (κ3) is 5.50. The van der Waals surface area contributed by atoms with Gasteiger partial charge in [0.25, 0.3) is 0 Å². The van der Waals surface area contributed by atoms with Gasteiger partial charge in [0.15, 0.2) is 0 Å². The summed E-state index contributed by atoms with van der Waals surface area (Å²) in [6.07, 6.45) is 2.66. The first-order valence-electron chi connectivity index (χ1n) is 6.39. The van der Waals surface area contributed by atoms with Crippen LogP contribution >= 0.6 is 0 Å². The molecule has 0 amide bonds. The topological polar surface area (TPSA) is 15.7 Å². The van der Waals surface area contributed by atoms with Gasteiger partial charge in [-0.1, -0.05) is 13.8 Å². The Bertz CT molecular complexity index is 143. The molecule has 3 heteroatoms. The summed E-state index contributed by atoms with van der Waals surface area (Å²) in [5.41, 5.74) is 0. The van der Waals surface area contributed by atoms with Crippen molar-refractivity contribution in [1.29, 1.82) is 0 Å². The van der Waals surface area contributed by atoms with Crippen LogP contribution in [0.3, 0.4) is 0 Å². The molecule has 0 atom stereocenters. The number of nitrogens with zero attached hydrogens (tertiary/aromatic N) is 2. The molecule has 0 spiro atoms. The lowest BCUT2D eigenvalue weighted by molar-refractivity contribution is 0.0369. The van der Waals surface area contributed by atoms with Crippen LogP contribution in [0.15, 0.2) is 0 Å². The highest BCUT2D eigenvalue weighted by atomic mass is 16.5. The molecule has 0 N–H and O–H groups in total. The maximum atomic E-state index is 5.33. The summed E-state index contributed by atoms with van der Waals surface area (Å²) in [5, 5.41) is 0. The molecule has 0 aromatic heterocycles. The predicted octanol–water partition coefficient (Wildman–Crippen LogP) is 1.44. The standard InChI is InChI=1S/C12H26N2O/c1-3-13(4-2)7-5-6-8-14-9-11-15-12-10-14/h3-12H2,1-2H3. The second-order valence-corrected chi connectivity index (χ2v) is 4.19. The van der Waals surface area contributed by atoms with E-state index >= 15 is 0 Å². The van der Waals surface area contributed by atoms with E-state index in [-0.39, 0.29) is 0 Å². The molecule has 0 aromatic carbocycles. The van der Waals surface area contributed by atoms with Gasteiger partial charge in [-0.3, -0.25) is 4.90 Å². The lowest BCUT2D eigenvalue weighted by Gasteiger charge is -2.26. The van der Waals surface area contributed by atoms with E-state index in [4.69, 9.17) is 4.74 Å². The summed E-state index contributed by atoms with van der Waals surface area (Å²) in [7, 11) is 0. The van der Waals surface area contributed by atoms with Crippen molar-refractivity contribution < 1.29 is 4.74 Å². The zero-order valence-corrected chi connectivity index (χ0v) is 10.4. The van der Waals surface area contributed by atoms with Crippen molar-refractivity contribution in [2.24, 2.45) is 0 Å². The molecule has 0 radical (unpaired) electrons. The number of morpholine rings is 1. The van der Waals surface area contributed by atoms with Gasteiger partial charge in [-0.2, -0.15) is 0 Å². The van der Waals surface area contributed by atoms with Gasteiger partial charge in [0.2, 0.25) is 0 Å². The Morgan fingerprint density at radius 1 is 1.07 bits per heavy atom.